The van der Waals surface area contributed by atoms with Crippen LogP contribution in [-0.2, 0) is 0 Å². The van der Waals surface area contributed by atoms with E-state index in [1.807, 2.05) is 18.2 Å². The number of ether oxygens (including phenoxy) is 3. The molecule has 0 unspecified atom stereocenters. The predicted molar refractivity (Wildman–Crippen MR) is 115 cm³/mol. The first-order chi connectivity index (χ1) is 14.1. The van der Waals surface area contributed by atoms with Gasteiger partial charge in [-0.3, -0.25) is 4.79 Å². The summed E-state index contributed by atoms with van der Waals surface area (Å²) in [6.07, 6.45) is 1.56. The molecule has 0 saturated carbocycles. The first kappa shape index (κ1) is 20.8. The molecule has 3 aromatic carbocycles. The van der Waals surface area contributed by atoms with Crippen LogP contribution < -0.4 is 14.2 Å². The summed E-state index contributed by atoms with van der Waals surface area (Å²) in [6, 6.07) is 23.3. The van der Waals surface area contributed by atoms with E-state index in [1.165, 1.54) is 0 Å². The highest BCUT2D eigenvalue weighted by Gasteiger charge is 2.06. The number of benzene rings is 3. The smallest absolute Gasteiger partial charge is 0.200 e. The fourth-order valence-electron chi connectivity index (χ4n) is 2.40. The lowest BCUT2D eigenvalue weighted by molar-refractivity contribution is 0.0921. The summed E-state index contributed by atoms with van der Waals surface area (Å²) < 4.78 is 17.0. The molecular formula is C23H18Cl2O4. The van der Waals surface area contributed by atoms with Gasteiger partial charge in [-0.15, -0.1) is 0 Å². The van der Waals surface area contributed by atoms with E-state index < -0.39 is 0 Å². The Morgan fingerprint density at radius 1 is 0.724 bits per heavy atom. The third-order valence-electron chi connectivity index (χ3n) is 3.84. The van der Waals surface area contributed by atoms with Crippen LogP contribution >= 0.6 is 23.2 Å². The average molecular weight is 429 g/mol. The van der Waals surface area contributed by atoms with Crippen LogP contribution in [0.3, 0.4) is 0 Å². The molecule has 0 saturated heterocycles. The van der Waals surface area contributed by atoms with Gasteiger partial charge in [0.1, 0.15) is 34.1 Å². The molecular weight excluding hydrogens is 411 g/mol. The van der Waals surface area contributed by atoms with Gasteiger partial charge in [0, 0.05) is 5.56 Å². The van der Waals surface area contributed by atoms with E-state index in [1.54, 1.807) is 66.7 Å². The summed E-state index contributed by atoms with van der Waals surface area (Å²) in [5, 5.41) is 0. The molecule has 4 nitrogen and oxygen atoms in total. The molecule has 0 aliphatic heterocycles. The summed E-state index contributed by atoms with van der Waals surface area (Å²) in [7, 11) is 0. The highest BCUT2D eigenvalue weighted by molar-refractivity contribution is 6.55. The molecule has 0 heterocycles. The molecule has 0 atom stereocenters. The van der Waals surface area contributed by atoms with Crippen molar-refractivity contribution in [1.29, 1.82) is 0 Å². The number of Topliss-reactive ketones (excluding diaryl/α,β-unsaturated/α-hetero) is 1. The largest absolute Gasteiger partial charge is 0.489 e. The summed E-state index contributed by atoms with van der Waals surface area (Å²) >= 11 is 11.1. The van der Waals surface area contributed by atoms with Crippen molar-refractivity contribution in [2.24, 2.45) is 0 Å². The Bertz CT molecular complexity index is 948. The lowest BCUT2D eigenvalue weighted by atomic mass is 10.1. The third kappa shape index (κ3) is 6.86. The number of hydrogen-bond acceptors (Lipinski definition) is 4. The summed E-state index contributed by atoms with van der Waals surface area (Å²) in [6.45, 7) is 0.270. The first-order valence-electron chi connectivity index (χ1n) is 8.83. The van der Waals surface area contributed by atoms with Crippen LogP contribution in [0.2, 0.25) is 0 Å². The number of halogens is 2. The molecule has 0 aromatic heterocycles. The average Bonchev–Trinajstić information content (AvgIpc) is 2.74. The minimum Gasteiger partial charge on any atom is -0.489 e. The molecule has 0 bridgehead atoms. The van der Waals surface area contributed by atoms with E-state index in [0.29, 0.717) is 28.6 Å². The molecule has 0 radical (unpaired) electrons. The SMILES string of the molecule is O=C(COc1ccc(Oc2ccc(OCC=C(Cl)Cl)cc2)cc1)c1ccccc1. The van der Waals surface area contributed by atoms with E-state index in [4.69, 9.17) is 37.4 Å². The van der Waals surface area contributed by atoms with Crippen LogP contribution in [0.15, 0.2) is 89.4 Å². The number of hydrogen-bond donors (Lipinski definition) is 0. The van der Waals surface area contributed by atoms with Gasteiger partial charge in [-0.05, 0) is 54.6 Å². The third-order valence-corrected chi connectivity index (χ3v) is 4.15. The maximum absolute atomic E-state index is 12.1. The molecule has 6 heteroatoms. The second-order valence-electron chi connectivity index (χ2n) is 5.93. The Morgan fingerprint density at radius 2 is 1.24 bits per heavy atom. The molecule has 3 rings (SSSR count). The predicted octanol–water partition coefficient (Wildman–Crippen LogP) is 6.44. The van der Waals surface area contributed by atoms with E-state index in [0.717, 1.165) is 0 Å². The zero-order valence-electron chi connectivity index (χ0n) is 15.4. The fraction of sp³-hybridized carbons (Fsp3) is 0.0870. The van der Waals surface area contributed by atoms with Gasteiger partial charge in [0.2, 0.25) is 0 Å². The van der Waals surface area contributed by atoms with Gasteiger partial charge in [0.05, 0.1) is 0 Å². The van der Waals surface area contributed by atoms with Crippen LogP contribution in [-0.4, -0.2) is 19.0 Å². The second-order valence-corrected chi connectivity index (χ2v) is 6.94. The van der Waals surface area contributed by atoms with E-state index in [-0.39, 0.29) is 23.5 Å². The Labute approximate surface area is 179 Å². The van der Waals surface area contributed by atoms with Gasteiger partial charge in [-0.1, -0.05) is 53.5 Å². The zero-order chi connectivity index (χ0) is 20.5. The monoisotopic (exact) mass is 428 g/mol. The van der Waals surface area contributed by atoms with Gasteiger partial charge in [-0.25, -0.2) is 0 Å². The number of carbonyl (C=O) groups excluding carboxylic acids is 1. The number of ketones is 1. The van der Waals surface area contributed by atoms with Crippen LogP contribution in [0.4, 0.5) is 0 Å². The quantitative estimate of drug-likeness (QED) is 0.367. The van der Waals surface area contributed by atoms with Gasteiger partial charge in [-0.2, -0.15) is 0 Å². The number of rotatable bonds is 9. The van der Waals surface area contributed by atoms with E-state index >= 15 is 0 Å². The van der Waals surface area contributed by atoms with Gasteiger partial charge < -0.3 is 14.2 Å². The van der Waals surface area contributed by atoms with Crippen molar-refractivity contribution in [2.45, 2.75) is 0 Å². The van der Waals surface area contributed by atoms with Crippen molar-refractivity contribution in [2.75, 3.05) is 13.2 Å². The van der Waals surface area contributed by atoms with Gasteiger partial charge in [0.15, 0.2) is 12.4 Å². The molecule has 3 aromatic rings. The minimum atomic E-state index is -0.0722. The maximum atomic E-state index is 12.1. The molecule has 148 valence electrons. The fourth-order valence-corrected chi connectivity index (χ4v) is 2.53. The molecule has 29 heavy (non-hydrogen) atoms. The highest BCUT2D eigenvalue weighted by Crippen LogP contribution is 2.26. The summed E-state index contributed by atoms with van der Waals surface area (Å²) in [5.74, 6) is 2.51. The first-order valence-corrected chi connectivity index (χ1v) is 9.59. The highest BCUT2D eigenvalue weighted by atomic mass is 35.5. The lowest BCUT2D eigenvalue weighted by Crippen LogP contribution is -2.11. The Kier molecular flexibility index (Phi) is 7.56. The number of carbonyl (C=O) groups is 1. The van der Waals surface area contributed by atoms with Crippen molar-refractivity contribution in [3.8, 4) is 23.0 Å². The molecule has 0 amide bonds. The van der Waals surface area contributed by atoms with Crippen LogP contribution in [0.1, 0.15) is 10.4 Å². The second kappa shape index (κ2) is 10.6. The molecule has 0 aliphatic rings. The zero-order valence-corrected chi connectivity index (χ0v) is 16.9. The normalized spacial score (nSPS) is 10.1. The molecule has 0 spiro atoms. The topological polar surface area (TPSA) is 44.8 Å². The maximum Gasteiger partial charge on any atom is 0.200 e. The minimum absolute atomic E-state index is 0.0181. The van der Waals surface area contributed by atoms with E-state index in [2.05, 4.69) is 0 Å². The van der Waals surface area contributed by atoms with Crippen molar-refractivity contribution in [3.63, 3.8) is 0 Å². The lowest BCUT2D eigenvalue weighted by Gasteiger charge is -2.09. The van der Waals surface area contributed by atoms with Crippen molar-refractivity contribution < 1.29 is 19.0 Å². The van der Waals surface area contributed by atoms with Crippen LogP contribution in [0.25, 0.3) is 0 Å². The van der Waals surface area contributed by atoms with Crippen LogP contribution in [0.5, 0.6) is 23.0 Å². The Hall–Kier alpha value is -2.95. The van der Waals surface area contributed by atoms with Crippen molar-refractivity contribution in [1.82, 2.24) is 0 Å². The Balaban J connectivity index is 1.50. The van der Waals surface area contributed by atoms with E-state index in [9.17, 15) is 4.79 Å². The van der Waals surface area contributed by atoms with Gasteiger partial charge in [0.25, 0.3) is 0 Å². The molecule has 0 aliphatic carbocycles. The van der Waals surface area contributed by atoms with Gasteiger partial charge >= 0.3 is 0 Å². The summed E-state index contributed by atoms with van der Waals surface area (Å²) in [4.78, 5) is 12.1. The van der Waals surface area contributed by atoms with Crippen molar-refractivity contribution >= 4 is 29.0 Å². The molecule has 0 N–H and O–H groups in total. The van der Waals surface area contributed by atoms with Crippen LogP contribution in [0, 0.1) is 0 Å². The Morgan fingerprint density at radius 3 is 1.79 bits per heavy atom. The standard InChI is InChI=1S/C23H18Cl2O4/c24-23(25)14-15-27-18-6-10-20(11-7-18)29-21-12-8-19(9-13-21)28-16-22(26)17-4-2-1-3-5-17/h1-14H,15-16H2. The van der Waals surface area contributed by atoms with Crippen molar-refractivity contribution in [3.05, 3.63) is 95.0 Å². The molecule has 0 fully saturated rings. The summed E-state index contributed by atoms with van der Waals surface area (Å²) in [5.41, 5.74) is 0.627.